The highest BCUT2D eigenvalue weighted by molar-refractivity contribution is 6.01. The number of aromatic nitrogens is 2. The van der Waals surface area contributed by atoms with Gasteiger partial charge in [-0.05, 0) is 23.3 Å². The zero-order chi connectivity index (χ0) is 23.0. The van der Waals surface area contributed by atoms with Gasteiger partial charge in [-0.3, -0.25) is 4.79 Å². The third-order valence-electron chi connectivity index (χ3n) is 4.50. The maximum Gasteiger partial charge on any atom is 0.416 e. The molecule has 0 spiro atoms. The Labute approximate surface area is 182 Å². The second-order valence-electron chi connectivity index (χ2n) is 6.95. The summed E-state index contributed by atoms with van der Waals surface area (Å²) < 4.78 is 38.1. The summed E-state index contributed by atoms with van der Waals surface area (Å²) in [5.41, 5.74) is 1.92. The minimum Gasteiger partial charge on any atom is -0.481 e. The van der Waals surface area contributed by atoms with Gasteiger partial charge in [0.15, 0.2) is 0 Å². The molecule has 1 heterocycles. The van der Waals surface area contributed by atoms with Gasteiger partial charge in [0.1, 0.15) is 12.4 Å². The smallest absolute Gasteiger partial charge is 0.416 e. The Morgan fingerprint density at radius 3 is 2.22 bits per heavy atom. The maximum atomic E-state index is 12.7. The third kappa shape index (κ3) is 6.90. The van der Waals surface area contributed by atoms with Crippen molar-refractivity contribution in [1.29, 1.82) is 0 Å². The van der Waals surface area contributed by atoms with Crippen molar-refractivity contribution in [3.63, 3.8) is 0 Å². The molecule has 32 heavy (non-hydrogen) atoms. The van der Waals surface area contributed by atoms with Gasteiger partial charge >= 0.3 is 12.1 Å². The van der Waals surface area contributed by atoms with E-state index in [1.54, 1.807) is 12.4 Å². The van der Waals surface area contributed by atoms with Crippen molar-refractivity contribution in [2.24, 2.45) is 5.16 Å². The van der Waals surface area contributed by atoms with Crippen molar-refractivity contribution in [2.45, 2.75) is 32.0 Å². The number of carboxylic acids is 1. The molecule has 0 saturated heterocycles. The lowest BCUT2D eigenvalue weighted by Crippen LogP contribution is -2.09. The molecule has 0 fully saturated rings. The number of carbonyl (C=O) groups is 1. The van der Waals surface area contributed by atoms with E-state index in [9.17, 15) is 18.0 Å². The number of halogens is 3. The molecule has 1 N–H and O–H groups in total. The molecule has 3 rings (SSSR count). The lowest BCUT2D eigenvalue weighted by molar-refractivity contribution is -0.138. The topological polar surface area (TPSA) is 84.7 Å². The molecule has 0 radical (unpaired) electrons. The molecule has 0 unspecified atom stereocenters. The molecule has 166 valence electrons. The fourth-order valence-electron chi connectivity index (χ4n) is 2.80. The van der Waals surface area contributed by atoms with Crippen molar-refractivity contribution in [1.82, 2.24) is 9.97 Å². The first kappa shape index (κ1) is 22.9. The minimum atomic E-state index is -4.39. The molecule has 2 aromatic carbocycles. The van der Waals surface area contributed by atoms with Crippen LogP contribution < -0.4 is 0 Å². The summed E-state index contributed by atoms with van der Waals surface area (Å²) in [6.07, 6.45) is -0.727. The molecule has 9 heteroatoms. The normalized spacial score (nSPS) is 11.9. The Morgan fingerprint density at radius 2 is 1.62 bits per heavy atom. The van der Waals surface area contributed by atoms with E-state index in [4.69, 9.17) is 9.94 Å². The molecule has 0 aliphatic rings. The summed E-state index contributed by atoms with van der Waals surface area (Å²) in [7, 11) is 0. The quantitative estimate of drug-likeness (QED) is 0.384. The fourth-order valence-corrected chi connectivity index (χ4v) is 2.80. The molecule has 0 aliphatic heterocycles. The summed E-state index contributed by atoms with van der Waals surface area (Å²) >= 11 is 0. The van der Waals surface area contributed by atoms with Gasteiger partial charge in [0.05, 0.1) is 17.7 Å². The van der Waals surface area contributed by atoms with E-state index in [2.05, 4.69) is 15.1 Å². The van der Waals surface area contributed by atoms with Crippen LogP contribution in [0.5, 0.6) is 0 Å². The third-order valence-corrected chi connectivity index (χ3v) is 4.50. The van der Waals surface area contributed by atoms with Crippen molar-refractivity contribution in [3.8, 4) is 0 Å². The average Bonchev–Trinajstić information content (AvgIpc) is 2.78. The Bertz CT molecular complexity index is 1050. The number of carboxylic acid groups (broad SMARTS) is 1. The predicted molar refractivity (Wildman–Crippen MR) is 111 cm³/mol. The van der Waals surface area contributed by atoms with Crippen molar-refractivity contribution >= 4 is 11.7 Å². The van der Waals surface area contributed by atoms with Gasteiger partial charge in [0.2, 0.25) is 0 Å². The molecular weight excluding hydrogens is 423 g/mol. The van der Waals surface area contributed by atoms with Gasteiger partial charge in [-0.1, -0.05) is 47.6 Å². The summed E-state index contributed by atoms with van der Waals surface area (Å²) in [6.45, 7) is -0.00597. The molecule has 0 atom stereocenters. The van der Waals surface area contributed by atoms with Gasteiger partial charge in [-0.25, -0.2) is 9.97 Å². The Balaban J connectivity index is 1.73. The highest BCUT2D eigenvalue weighted by Gasteiger charge is 2.29. The molecule has 3 aromatic rings. The van der Waals surface area contributed by atoms with Crippen LogP contribution in [0.4, 0.5) is 13.2 Å². The van der Waals surface area contributed by atoms with Crippen LogP contribution in [0.3, 0.4) is 0 Å². The van der Waals surface area contributed by atoms with Crippen LogP contribution in [0.25, 0.3) is 0 Å². The van der Waals surface area contributed by atoms with Crippen LogP contribution in [0, 0.1) is 0 Å². The van der Waals surface area contributed by atoms with Crippen molar-refractivity contribution in [2.75, 3.05) is 0 Å². The Hall–Kier alpha value is -3.75. The van der Waals surface area contributed by atoms with Crippen LogP contribution in [0.1, 0.15) is 34.5 Å². The highest BCUT2D eigenvalue weighted by Crippen LogP contribution is 2.29. The predicted octanol–water partition coefficient (Wildman–Crippen LogP) is 4.68. The molecule has 0 saturated carbocycles. The molecule has 0 bridgehead atoms. The summed E-state index contributed by atoms with van der Waals surface area (Å²) in [6, 6.07) is 14.2. The highest BCUT2D eigenvalue weighted by atomic mass is 19.4. The SMILES string of the molecule is O=C(O)CCc1ncc(C(Cc2ccccc2)=NOCc2ccc(C(F)(F)F)cc2)cn1. The van der Waals surface area contributed by atoms with Gasteiger partial charge in [-0.15, -0.1) is 0 Å². The second-order valence-corrected chi connectivity index (χ2v) is 6.95. The van der Waals surface area contributed by atoms with Gasteiger partial charge in [-0.2, -0.15) is 13.2 Å². The van der Waals surface area contributed by atoms with Crippen LogP contribution in [0.2, 0.25) is 0 Å². The van der Waals surface area contributed by atoms with E-state index in [0.717, 1.165) is 17.7 Å². The summed E-state index contributed by atoms with van der Waals surface area (Å²) in [4.78, 5) is 24.5. The van der Waals surface area contributed by atoms with E-state index in [1.807, 2.05) is 30.3 Å². The number of alkyl halides is 3. The molecule has 6 nitrogen and oxygen atoms in total. The monoisotopic (exact) mass is 443 g/mol. The van der Waals surface area contributed by atoms with Crippen LogP contribution >= 0.6 is 0 Å². The lowest BCUT2D eigenvalue weighted by Gasteiger charge is -2.09. The van der Waals surface area contributed by atoms with Gasteiger partial charge < -0.3 is 9.94 Å². The first-order valence-electron chi connectivity index (χ1n) is 9.73. The number of nitrogens with zero attached hydrogens (tertiary/aromatic N) is 3. The molecular formula is C23H20F3N3O3. The lowest BCUT2D eigenvalue weighted by atomic mass is 10.0. The van der Waals surface area contributed by atoms with E-state index >= 15 is 0 Å². The number of hydrogen-bond acceptors (Lipinski definition) is 5. The molecule has 0 aliphatic carbocycles. The first-order valence-corrected chi connectivity index (χ1v) is 9.73. The number of aliphatic carboxylic acids is 1. The Morgan fingerprint density at radius 1 is 0.969 bits per heavy atom. The van der Waals surface area contributed by atoms with E-state index < -0.39 is 17.7 Å². The van der Waals surface area contributed by atoms with E-state index in [0.29, 0.717) is 29.1 Å². The van der Waals surface area contributed by atoms with Crippen LogP contribution in [-0.2, 0) is 35.3 Å². The average molecular weight is 443 g/mol. The summed E-state index contributed by atoms with van der Waals surface area (Å²) in [5.74, 6) is -0.526. The zero-order valence-electron chi connectivity index (χ0n) is 16.9. The number of benzene rings is 2. The van der Waals surface area contributed by atoms with E-state index in [-0.39, 0.29) is 19.4 Å². The van der Waals surface area contributed by atoms with Crippen molar-refractivity contribution in [3.05, 3.63) is 95.1 Å². The number of oxime groups is 1. The minimum absolute atomic E-state index is 0.00597. The van der Waals surface area contributed by atoms with Gasteiger partial charge in [0.25, 0.3) is 0 Å². The standard InChI is InChI=1S/C23H20F3N3O3/c24-23(25,26)19-8-6-17(7-9-19)15-32-29-20(12-16-4-2-1-3-5-16)18-13-27-21(28-14-18)10-11-22(30)31/h1-9,13-14H,10-12,15H2,(H,30,31). The Kier molecular flexibility index (Phi) is 7.54. The second kappa shape index (κ2) is 10.5. The largest absolute Gasteiger partial charge is 0.481 e. The first-order chi connectivity index (χ1) is 15.3. The molecule has 0 amide bonds. The number of aryl methyl sites for hydroxylation is 1. The van der Waals surface area contributed by atoms with Gasteiger partial charge in [0, 0.05) is 30.8 Å². The molecule has 1 aromatic heterocycles. The van der Waals surface area contributed by atoms with Crippen LogP contribution in [-0.4, -0.2) is 26.8 Å². The fraction of sp³-hybridized carbons (Fsp3) is 0.217. The zero-order valence-corrected chi connectivity index (χ0v) is 16.9. The maximum absolute atomic E-state index is 12.7. The number of hydrogen-bond donors (Lipinski definition) is 1. The van der Waals surface area contributed by atoms with Crippen molar-refractivity contribution < 1.29 is 27.9 Å². The van der Waals surface area contributed by atoms with Crippen LogP contribution in [0.15, 0.2) is 72.1 Å². The summed E-state index contributed by atoms with van der Waals surface area (Å²) in [5, 5.41) is 13.0. The van der Waals surface area contributed by atoms with E-state index in [1.165, 1.54) is 12.1 Å². The number of rotatable bonds is 9.